The van der Waals surface area contributed by atoms with E-state index in [4.69, 9.17) is 0 Å². The smallest absolute Gasteiger partial charge is 0.244 e. The fourth-order valence-corrected chi connectivity index (χ4v) is 2.66. The van der Waals surface area contributed by atoms with Crippen molar-refractivity contribution >= 4 is 27.6 Å². The van der Waals surface area contributed by atoms with Gasteiger partial charge in [0, 0.05) is 22.7 Å². The Morgan fingerprint density at radius 1 is 1.14 bits per heavy atom. The third-order valence-electron chi connectivity index (χ3n) is 3.65. The van der Waals surface area contributed by atoms with Crippen molar-refractivity contribution in [1.29, 1.82) is 0 Å². The Balaban J connectivity index is 1.75. The maximum Gasteiger partial charge on any atom is 0.244 e. The van der Waals surface area contributed by atoms with E-state index in [1.807, 2.05) is 0 Å². The summed E-state index contributed by atoms with van der Waals surface area (Å²) in [5, 5.41) is 2.82. The van der Waals surface area contributed by atoms with Crippen LogP contribution >= 0.6 is 15.9 Å². The van der Waals surface area contributed by atoms with Crippen molar-refractivity contribution < 1.29 is 9.59 Å². The number of halogens is 1. The molecule has 4 heteroatoms. The van der Waals surface area contributed by atoms with Crippen molar-refractivity contribution in [2.75, 3.05) is 6.54 Å². The number of allylic oxidation sites excluding steroid dienone is 2. The quantitative estimate of drug-likeness (QED) is 0.469. The van der Waals surface area contributed by atoms with Gasteiger partial charge in [0.1, 0.15) is 0 Å². The van der Waals surface area contributed by atoms with Crippen LogP contribution in [0, 0.1) is 0 Å². The van der Waals surface area contributed by atoms with Crippen LogP contribution in [0.4, 0.5) is 0 Å². The monoisotopic (exact) mass is 361 g/mol. The largest absolute Gasteiger partial charge is 0.352 e. The Labute approximate surface area is 139 Å². The Morgan fingerprint density at radius 2 is 1.91 bits per heavy atom. The summed E-state index contributed by atoms with van der Waals surface area (Å²) >= 11 is 3.32. The van der Waals surface area contributed by atoms with Gasteiger partial charge in [-0.25, -0.2) is 0 Å². The van der Waals surface area contributed by atoms with Gasteiger partial charge in [-0.2, -0.15) is 0 Å². The highest BCUT2D eigenvalue weighted by atomic mass is 79.9. The van der Waals surface area contributed by atoms with E-state index >= 15 is 0 Å². The maximum absolute atomic E-state index is 11.9. The molecule has 1 N–H and O–H groups in total. The summed E-state index contributed by atoms with van der Waals surface area (Å²) in [6.07, 6.45) is 10.6. The highest BCUT2D eigenvalue weighted by Crippen LogP contribution is 2.19. The number of carbonyl (C=O) groups is 2. The topological polar surface area (TPSA) is 46.2 Å². The molecule has 0 heterocycles. The molecule has 1 aromatic rings. The number of benzene rings is 1. The maximum atomic E-state index is 11.9. The zero-order valence-corrected chi connectivity index (χ0v) is 14.1. The van der Waals surface area contributed by atoms with E-state index in [0.29, 0.717) is 12.1 Å². The summed E-state index contributed by atoms with van der Waals surface area (Å²) in [5.74, 6) is -0.389. The van der Waals surface area contributed by atoms with E-state index in [-0.39, 0.29) is 11.7 Å². The molecule has 0 radical (unpaired) electrons. The number of nitrogens with one attached hydrogen (secondary N) is 1. The number of ketones is 1. The Bertz CT molecular complexity index is 588. The van der Waals surface area contributed by atoms with E-state index in [1.54, 1.807) is 24.3 Å². The van der Waals surface area contributed by atoms with Crippen LogP contribution in [0.1, 0.15) is 42.5 Å². The second-order valence-electron chi connectivity index (χ2n) is 5.35. The Kier molecular flexibility index (Phi) is 6.59. The number of hydrogen-bond acceptors (Lipinski definition) is 2. The van der Waals surface area contributed by atoms with E-state index in [9.17, 15) is 9.59 Å². The van der Waals surface area contributed by atoms with Crippen LogP contribution in [0.25, 0.3) is 0 Å². The lowest BCUT2D eigenvalue weighted by Gasteiger charge is -2.12. The molecule has 1 aliphatic carbocycles. The molecule has 0 spiro atoms. The number of carbonyl (C=O) groups excluding carboxylic acids is 2. The molecule has 0 bridgehead atoms. The van der Waals surface area contributed by atoms with Gasteiger partial charge in [-0.3, -0.25) is 9.59 Å². The molecule has 0 aromatic heterocycles. The van der Waals surface area contributed by atoms with Gasteiger partial charge in [-0.15, -0.1) is 0 Å². The molecule has 0 saturated heterocycles. The molecule has 2 rings (SSSR count). The second-order valence-corrected chi connectivity index (χ2v) is 6.27. The standard InChI is InChI=1S/C18H20BrNO2/c19-16-8-6-15(7-9-16)17(21)10-11-18(22)20-13-12-14-4-2-1-3-5-14/h4,6-11H,1-3,5,12-13H2,(H,20,22)/b11-10+. The summed E-state index contributed by atoms with van der Waals surface area (Å²) in [6.45, 7) is 0.626. The van der Waals surface area contributed by atoms with E-state index in [1.165, 1.54) is 30.6 Å². The normalized spacial score (nSPS) is 14.7. The lowest BCUT2D eigenvalue weighted by molar-refractivity contribution is -0.116. The fourth-order valence-electron chi connectivity index (χ4n) is 2.40. The van der Waals surface area contributed by atoms with Crippen LogP contribution in [0.2, 0.25) is 0 Å². The van der Waals surface area contributed by atoms with Crippen LogP contribution in [0.5, 0.6) is 0 Å². The number of amides is 1. The van der Waals surface area contributed by atoms with Crippen molar-refractivity contribution in [1.82, 2.24) is 5.32 Å². The first-order chi connectivity index (χ1) is 10.6. The van der Waals surface area contributed by atoms with Crippen molar-refractivity contribution in [3.05, 3.63) is 58.1 Å². The Morgan fingerprint density at radius 3 is 2.59 bits per heavy atom. The van der Waals surface area contributed by atoms with Crippen LogP contribution < -0.4 is 5.32 Å². The van der Waals surface area contributed by atoms with E-state index < -0.39 is 0 Å². The van der Waals surface area contributed by atoms with Crippen molar-refractivity contribution in [3.63, 3.8) is 0 Å². The summed E-state index contributed by atoms with van der Waals surface area (Å²) in [6, 6.07) is 7.06. The molecular weight excluding hydrogens is 342 g/mol. The molecular formula is C18H20BrNO2. The predicted octanol–water partition coefficient (Wildman–Crippen LogP) is 4.19. The molecule has 1 aromatic carbocycles. The molecule has 3 nitrogen and oxygen atoms in total. The van der Waals surface area contributed by atoms with E-state index in [0.717, 1.165) is 23.7 Å². The first-order valence-electron chi connectivity index (χ1n) is 7.59. The zero-order chi connectivity index (χ0) is 15.8. The highest BCUT2D eigenvalue weighted by molar-refractivity contribution is 9.10. The third-order valence-corrected chi connectivity index (χ3v) is 4.17. The molecule has 0 atom stereocenters. The summed E-state index contributed by atoms with van der Waals surface area (Å²) < 4.78 is 0.919. The fraction of sp³-hybridized carbons (Fsp3) is 0.333. The molecule has 0 aliphatic heterocycles. The minimum Gasteiger partial charge on any atom is -0.352 e. The van der Waals surface area contributed by atoms with Crippen LogP contribution in [-0.4, -0.2) is 18.2 Å². The first kappa shape index (κ1) is 16.7. The summed E-state index contributed by atoms with van der Waals surface area (Å²) in [5.41, 5.74) is 2.00. The molecule has 0 fully saturated rings. The average Bonchev–Trinajstić information content (AvgIpc) is 2.54. The van der Waals surface area contributed by atoms with Crippen LogP contribution in [-0.2, 0) is 4.79 Å². The third kappa shape index (κ3) is 5.60. The van der Waals surface area contributed by atoms with Crippen LogP contribution in [0.3, 0.4) is 0 Å². The minimum absolute atomic E-state index is 0.169. The van der Waals surface area contributed by atoms with Gasteiger partial charge in [0.25, 0.3) is 0 Å². The van der Waals surface area contributed by atoms with Gasteiger partial charge < -0.3 is 5.32 Å². The second kappa shape index (κ2) is 8.69. The van der Waals surface area contributed by atoms with Gasteiger partial charge >= 0.3 is 0 Å². The summed E-state index contributed by atoms with van der Waals surface area (Å²) in [7, 11) is 0. The summed E-state index contributed by atoms with van der Waals surface area (Å²) in [4.78, 5) is 23.6. The Hall–Kier alpha value is -1.68. The SMILES string of the molecule is O=C(/C=C/C(=O)c1ccc(Br)cc1)NCCC1=CCCCC1. The van der Waals surface area contributed by atoms with Gasteiger partial charge in [0.2, 0.25) is 5.91 Å². The van der Waals surface area contributed by atoms with Crippen molar-refractivity contribution in [3.8, 4) is 0 Å². The molecule has 22 heavy (non-hydrogen) atoms. The predicted molar refractivity (Wildman–Crippen MR) is 91.8 cm³/mol. The van der Waals surface area contributed by atoms with Gasteiger partial charge in [-0.05, 0) is 62.4 Å². The van der Waals surface area contributed by atoms with Gasteiger partial charge in [0.15, 0.2) is 5.78 Å². The number of rotatable bonds is 6. The minimum atomic E-state index is -0.220. The molecule has 0 unspecified atom stereocenters. The van der Waals surface area contributed by atoms with Crippen molar-refractivity contribution in [2.45, 2.75) is 32.1 Å². The molecule has 1 aliphatic rings. The highest BCUT2D eigenvalue weighted by Gasteiger charge is 2.05. The lowest BCUT2D eigenvalue weighted by Crippen LogP contribution is -2.23. The molecule has 1 amide bonds. The van der Waals surface area contributed by atoms with Gasteiger partial charge in [-0.1, -0.05) is 27.6 Å². The van der Waals surface area contributed by atoms with Gasteiger partial charge in [0.05, 0.1) is 0 Å². The van der Waals surface area contributed by atoms with Crippen molar-refractivity contribution in [2.24, 2.45) is 0 Å². The number of hydrogen-bond donors (Lipinski definition) is 1. The van der Waals surface area contributed by atoms with Crippen LogP contribution in [0.15, 0.2) is 52.5 Å². The first-order valence-corrected chi connectivity index (χ1v) is 8.38. The molecule has 116 valence electrons. The average molecular weight is 362 g/mol. The zero-order valence-electron chi connectivity index (χ0n) is 12.5. The lowest BCUT2D eigenvalue weighted by atomic mass is 9.97. The van der Waals surface area contributed by atoms with E-state index in [2.05, 4.69) is 27.3 Å². The molecule has 0 saturated carbocycles.